The van der Waals surface area contributed by atoms with Gasteiger partial charge >= 0.3 is 0 Å². The van der Waals surface area contributed by atoms with Gasteiger partial charge in [0.25, 0.3) is 0 Å². The van der Waals surface area contributed by atoms with E-state index in [2.05, 4.69) is 5.32 Å². The largest absolute Gasteiger partial charge is 0.354 e. The van der Waals surface area contributed by atoms with Crippen LogP contribution in [0.5, 0.6) is 0 Å². The Morgan fingerprint density at radius 1 is 1.00 bits per heavy atom. The molecule has 0 aliphatic heterocycles. The predicted molar refractivity (Wildman–Crippen MR) is 109 cm³/mol. The summed E-state index contributed by atoms with van der Waals surface area (Å²) in [5.41, 5.74) is 2.31. The first-order valence-electron chi connectivity index (χ1n) is 9.64. The van der Waals surface area contributed by atoms with Gasteiger partial charge in [-0.25, -0.2) is 4.39 Å². The molecule has 0 fully saturated rings. The Labute approximate surface area is 166 Å². The lowest BCUT2D eigenvalue weighted by Crippen LogP contribution is -2.48. The van der Waals surface area contributed by atoms with Gasteiger partial charge in [-0.15, -0.1) is 0 Å². The summed E-state index contributed by atoms with van der Waals surface area (Å²) in [7, 11) is 0. The van der Waals surface area contributed by atoms with Crippen LogP contribution < -0.4 is 5.32 Å². The molecule has 2 aromatic rings. The van der Waals surface area contributed by atoms with Gasteiger partial charge in [0.2, 0.25) is 11.8 Å². The predicted octanol–water partition coefficient (Wildman–Crippen LogP) is 3.87. The molecule has 5 heteroatoms. The van der Waals surface area contributed by atoms with Gasteiger partial charge in [-0.2, -0.15) is 0 Å². The number of hydrogen-bond donors (Lipinski definition) is 1. The summed E-state index contributed by atoms with van der Waals surface area (Å²) in [4.78, 5) is 27.1. The van der Waals surface area contributed by atoms with Gasteiger partial charge in [-0.3, -0.25) is 9.59 Å². The first kappa shape index (κ1) is 21.6. The van der Waals surface area contributed by atoms with Crippen molar-refractivity contribution in [1.29, 1.82) is 0 Å². The van der Waals surface area contributed by atoms with Crippen molar-refractivity contribution in [3.05, 3.63) is 71.0 Å². The lowest BCUT2D eigenvalue weighted by atomic mass is 10.0. The van der Waals surface area contributed by atoms with Crippen LogP contribution in [0.1, 0.15) is 37.5 Å². The van der Waals surface area contributed by atoms with Crippen molar-refractivity contribution in [2.24, 2.45) is 5.92 Å². The third-order valence-electron chi connectivity index (χ3n) is 4.75. The number of nitrogens with one attached hydrogen (secondary N) is 1. The molecule has 0 saturated carbocycles. The number of hydrogen-bond acceptors (Lipinski definition) is 2. The van der Waals surface area contributed by atoms with Crippen molar-refractivity contribution in [2.45, 2.75) is 46.7 Å². The van der Waals surface area contributed by atoms with E-state index in [-0.39, 0.29) is 30.6 Å². The quantitative estimate of drug-likeness (QED) is 0.751. The summed E-state index contributed by atoms with van der Waals surface area (Å²) in [6, 6.07) is 13.3. The SMILES string of the molecule is Cc1ccccc1CC(=O)N(Cc1ccccc1F)[C@H](C)C(=O)NCC(C)C. The topological polar surface area (TPSA) is 49.4 Å². The summed E-state index contributed by atoms with van der Waals surface area (Å²) in [5.74, 6) is -0.516. The molecule has 1 N–H and O–H groups in total. The smallest absolute Gasteiger partial charge is 0.242 e. The van der Waals surface area contributed by atoms with Crippen LogP contribution >= 0.6 is 0 Å². The Morgan fingerprint density at radius 2 is 1.61 bits per heavy atom. The second kappa shape index (κ2) is 10.0. The third-order valence-corrected chi connectivity index (χ3v) is 4.75. The normalized spacial score (nSPS) is 11.9. The Hall–Kier alpha value is -2.69. The standard InChI is InChI=1S/C23H29FN2O2/c1-16(2)14-25-23(28)18(4)26(15-20-11-7-8-12-21(20)24)22(27)13-19-10-6-5-9-17(19)3/h5-12,16,18H,13-15H2,1-4H3,(H,25,28)/t18-/m1/s1. The number of halogens is 1. The molecular formula is C23H29FN2O2. The van der Waals surface area contributed by atoms with Crippen LogP contribution in [0.15, 0.2) is 48.5 Å². The summed E-state index contributed by atoms with van der Waals surface area (Å²) < 4.78 is 14.2. The lowest BCUT2D eigenvalue weighted by Gasteiger charge is -2.29. The molecule has 0 bridgehead atoms. The number of carbonyl (C=O) groups excluding carboxylic acids is 2. The Balaban J connectivity index is 2.24. The van der Waals surface area contributed by atoms with Crippen LogP contribution in [0.4, 0.5) is 4.39 Å². The van der Waals surface area contributed by atoms with E-state index in [4.69, 9.17) is 0 Å². The Morgan fingerprint density at radius 3 is 2.21 bits per heavy atom. The average molecular weight is 384 g/mol. The zero-order chi connectivity index (χ0) is 20.7. The molecular weight excluding hydrogens is 355 g/mol. The minimum atomic E-state index is -0.699. The molecule has 4 nitrogen and oxygen atoms in total. The first-order valence-corrected chi connectivity index (χ1v) is 9.64. The molecule has 2 rings (SSSR count). The van der Waals surface area contributed by atoms with E-state index in [0.717, 1.165) is 11.1 Å². The molecule has 0 aliphatic rings. The molecule has 150 valence electrons. The minimum Gasteiger partial charge on any atom is -0.354 e. The fourth-order valence-corrected chi connectivity index (χ4v) is 2.92. The molecule has 1 atom stereocenters. The van der Waals surface area contributed by atoms with Gasteiger partial charge < -0.3 is 10.2 Å². The van der Waals surface area contributed by atoms with E-state index in [1.165, 1.54) is 11.0 Å². The van der Waals surface area contributed by atoms with Gasteiger partial charge in [0.05, 0.1) is 6.42 Å². The molecule has 0 heterocycles. The van der Waals surface area contributed by atoms with E-state index in [1.807, 2.05) is 45.0 Å². The summed E-state index contributed by atoms with van der Waals surface area (Å²) in [6.45, 7) is 8.22. The van der Waals surface area contributed by atoms with Gasteiger partial charge in [-0.1, -0.05) is 56.3 Å². The van der Waals surface area contributed by atoms with Crippen molar-refractivity contribution in [1.82, 2.24) is 10.2 Å². The highest BCUT2D eigenvalue weighted by atomic mass is 19.1. The molecule has 0 unspecified atom stereocenters. The van der Waals surface area contributed by atoms with Crippen molar-refractivity contribution in [3.63, 3.8) is 0 Å². The number of nitrogens with zero attached hydrogens (tertiary/aromatic N) is 1. The van der Waals surface area contributed by atoms with E-state index >= 15 is 0 Å². The average Bonchev–Trinajstić information content (AvgIpc) is 2.66. The van der Waals surface area contributed by atoms with E-state index in [9.17, 15) is 14.0 Å². The number of rotatable bonds is 8. The summed E-state index contributed by atoms with van der Waals surface area (Å²) in [6.07, 6.45) is 0.170. The van der Waals surface area contributed by atoms with Crippen LogP contribution in [0, 0.1) is 18.7 Å². The zero-order valence-corrected chi connectivity index (χ0v) is 17.0. The second-order valence-corrected chi connectivity index (χ2v) is 7.53. The number of aryl methyl sites for hydroxylation is 1. The van der Waals surface area contributed by atoms with Crippen LogP contribution in [-0.2, 0) is 22.6 Å². The highest BCUT2D eigenvalue weighted by Crippen LogP contribution is 2.16. The van der Waals surface area contributed by atoms with E-state index in [0.29, 0.717) is 18.0 Å². The minimum absolute atomic E-state index is 0.0493. The molecule has 0 aromatic heterocycles. The maximum absolute atomic E-state index is 14.2. The molecule has 2 aromatic carbocycles. The third kappa shape index (κ3) is 5.91. The second-order valence-electron chi connectivity index (χ2n) is 7.53. The molecule has 0 saturated heterocycles. The van der Waals surface area contributed by atoms with E-state index < -0.39 is 6.04 Å². The van der Waals surface area contributed by atoms with Gasteiger partial charge in [0.1, 0.15) is 11.9 Å². The van der Waals surface area contributed by atoms with Gasteiger partial charge in [0, 0.05) is 18.7 Å². The van der Waals surface area contributed by atoms with Crippen molar-refractivity contribution < 1.29 is 14.0 Å². The Bertz CT molecular complexity index is 820. The summed E-state index contributed by atoms with van der Waals surface area (Å²) in [5, 5.41) is 2.87. The fourth-order valence-electron chi connectivity index (χ4n) is 2.92. The molecule has 0 aliphatic carbocycles. The van der Waals surface area contributed by atoms with Crippen LogP contribution in [0.25, 0.3) is 0 Å². The number of amides is 2. The van der Waals surface area contributed by atoms with Crippen molar-refractivity contribution >= 4 is 11.8 Å². The summed E-state index contributed by atoms with van der Waals surface area (Å²) >= 11 is 0. The molecule has 2 amide bonds. The maximum Gasteiger partial charge on any atom is 0.242 e. The zero-order valence-electron chi connectivity index (χ0n) is 17.0. The molecule has 0 radical (unpaired) electrons. The maximum atomic E-state index is 14.2. The van der Waals surface area contributed by atoms with Gasteiger partial charge in [-0.05, 0) is 37.0 Å². The van der Waals surface area contributed by atoms with Crippen LogP contribution in [0.3, 0.4) is 0 Å². The van der Waals surface area contributed by atoms with Crippen LogP contribution in [-0.4, -0.2) is 29.3 Å². The lowest BCUT2D eigenvalue weighted by molar-refractivity contribution is -0.140. The first-order chi connectivity index (χ1) is 13.3. The monoisotopic (exact) mass is 384 g/mol. The highest BCUT2D eigenvalue weighted by molar-refractivity contribution is 5.88. The van der Waals surface area contributed by atoms with Crippen molar-refractivity contribution in [2.75, 3.05) is 6.54 Å². The van der Waals surface area contributed by atoms with Crippen molar-refractivity contribution in [3.8, 4) is 0 Å². The van der Waals surface area contributed by atoms with Crippen LogP contribution in [0.2, 0.25) is 0 Å². The Kier molecular flexibility index (Phi) is 7.73. The van der Waals surface area contributed by atoms with E-state index in [1.54, 1.807) is 25.1 Å². The molecule has 28 heavy (non-hydrogen) atoms. The molecule has 0 spiro atoms. The fraction of sp³-hybridized carbons (Fsp3) is 0.391. The van der Waals surface area contributed by atoms with Gasteiger partial charge in [0.15, 0.2) is 0 Å². The highest BCUT2D eigenvalue weighted by Gasteiger charge is 2.27. The number of carbonyl (C=O) groups is 2. The number of benzene rings is 2.